The summed E-state index contributed by atoms with van der Waals surface area (Å²) in [7, 11) is 0. The number of halogens is 2. The third-order valence-electron chi connectivity index (χ3n) is 1.44. The molecule has 1 aliphatic carbocycles. The first-order valence-electron chi connectivity index (χ1n) is 3.10. The van der Waals surface area contributed by atoms with E-state index in [0.717, 1.165) is 12.8 Å². The van der Waals surface area contributed by atoms with Crippen LogP contribution >= 0.6 is 31.9 Å². The highest BCUT2D eigenvalue weighted by atomic mass is 79.9. The molecule has 0 radical (unpaired) electrons. The molecule has 10 heavy (non-hydrogen) atoms. The SMILES string of the molecule is BrC=C1C=CCC(=CBr)C1. The second-order valence-corrected chi connectivity index (χ2v) is 3.15. The van der Waals surface area contributed by atoms with Gasteiger partial charge in [0, 0.05) is 0 Å². The van der Waals surface area contributed by atoms with Crippen LogP contribution < -0.4 is 0 Å². The fourth-order valence-electron chi connectivity index (χ4n) is 0.913. The third-order valence-corrected chi connectivity index (χ3v) is 2.67. The van der Waals surface area contributed by atoms with Crippen molar-refractivity contribution in [1.82, 2.24) is 0 Å². The molecule has 0 aromatic rings. The molecule has 0 heterocycles. The molecule has 0 spiro atoms. The van der Waals surface area contributed by atoms with Crippen LogP contribution in [0, 0.1) is 0 Å². The lowest BCUT2D eigenvalue weighted by molar-refractivity contribution is 1.04. The van der Waals surface area contributed by atoms with Crippen molar-refractivity contribution in [3.05, 3.63) is 33.3 Å². The molecule has 1 aliphatic rings. The van der Waals surface area contributed by atoms with E-state index in [2.05, 4.69) is 44.0 Å². The Morgan fingerprint density at radius 3 is 2.70 bits per heavy atom. The molecule has 0 saturated carbocycles. The first-order valence-corrected chi connectivity index (χ1v) is 4.94. The molecule has 0 aromatic heterocycles. The molecule has 1 rings (SSSR count). The van der Waals surface area contributed by atoms with Gasteiger partial charge in [0.05, 0.1) is 0 Å². The van der Waals surface area contributed by atoms with Crippen molar-refractivity contribution >= 4 is 31.9 Å². The van der Waals surface area contributed by atoms with Crippen molar-refractivity contribution in [3.8, 4) is 0 Å². The molecular formula is C8H8Br2. The Kier molecular flexibility index (Phi) is 3.43. The molecule has 0 atom stereocenters. The minimum Gasteiger partial charge on any atom is -0.0801 e. The van der Waals surface area contributed by atoms with Crippen molar-refractivity contribution < 1.29 is 0 Å². The standard InChI is InChI=1S/C8H8Br2/c9-5-7-2-1-3-8(4-7)6-10/h1-2,5-6H,3-4H2. The van der Waals surface area contributed by atoms with Crippen LogP contribution in [0.3, 0.4) is 0 Å². The van der Waals surface area contributed by atoms with Gasteiger partial charge in [-0.1, -0.05) is 49.6 Å². The first kappa shape index (κ1) is 8.28. The smallest absolute Gasteiger partial charge is 0.00507 e. The van der Waals surface area contributed by atoms with Gasteiger partial charge in [0.25, 0.3) is 0 Å². The van der Waals surface area contributed by atoms with E-state index in [1.54, 1.807) is 0 Å². The van der Waals surface area contributed by atoms with Crippen LogP contribution in [0.5, 0.6) is 0 Å². The lowest BCUT2D eigenvalue weighted by Gasteiger charge is -2.08. The summed E-state index contributed by atoms with van der Waals surface area (Å²) in [6.07, 6.45) is 6.46. The van der Waals surface area contributed by atoms with Gasteiger partial charge in [0.1, 0.15) is 0 Å². The van der Waals surface area contributed by atoms with Crippen LogP contribution in [-0.2, 0) is 0 Å². The Labute approximate surface area is 78.0 Å². The predicted molar refractivity (Wildman–Crippen MR) is 52.4 cm³/mol. The Bertz CT molecular complexity index is 199. The molecule has 0 saturated heterocycles. The highest BCUT2D eigenvalue weighted by Crippen LogP contribution is 2.23. The van der Waals surface area contributed by atoms with Gasteiger partial charge in [-0.2, -0.15) is 0 Å². The van der Waals surface area contributed by atoms with E-state index in [9.17, 15) is 0 Å². The van der Waals surface area contributed by atoms with Gasteiger partial charge < -0.3 is 0 Å². The van der Waals surface area contributed by atoms with Crippen LogP contribution in [0.2, 0.25) is 0 Å². The first-order chi connectivity index (χ1) is 4.86. The molecule has 0 unspecified atom stereocenters. The van der Waals surface area contributed by atoms with E-state index in [-0.39, 0.29) is 0 Å². The molecular weight excluding hydrogens is 256 g/mol. The van der Waals surface area contributed by atoms with Crippen molar-refractivity contribution in [3.63, 3.8) is 0 Å². The second kappa shape index (κ2) is 4.14. The highest BCUT2D eigenvalue weighted by molar-refractivity contribution is 9.11. The van der Waals surface area contributed by atoms with Crippen LogP contribution in [0.1, 0.15) is 12.8 Å². The van der Waals surface area contributed by atoms with E-state index in [1.807, 2.05) is 9.97 Å². The fraction of sp³-hybridized carbons (Fsp3) is 0.250. The summed E-state index contributed by atoms with van der Waals surface area (Å²) in [5.41, 5.74) is 2.75. The lowest BCUT2D eigenvalue weighted by atomic mass is 9.99. The Balaban J connectivity index is 2.72. The quantitative estimate of drug-likeness (QED) is 0.622. The van der Waals surface area contributed by atoms with Gasteiger partial charge in [-0.3, -0.25) is 0 Å². The average Bonchev–Trinajstić information content (AvgIpc) is 2.05. The van der Waals surface area contributed by atoms with Crippen molar-refractivity contribution in [2.75, 3.05) is 0 Å². The summed E-state index contributed by atoms with van der Waals surface area (Å²) in [6.45, 7) is 0. The van der Waals surface area contributed by atoms with Crippen molar-refractivity contribution in [1.29, 1.82) is 0 Å². The lowest BCUT2D eigenvalue weighted by Crippen LogP contribution is -1.89. The normalized spacial score (nSPS) is 26.2. The zero-order valence-corrected chi connectivity index (χ0v) is 8.65. The maximum absolute atomic E-state index is 3.33. The molecule has 0 fully saturated rings. The van der Waals surface area contributed by atoms with Crippen LogP contribution in [0.25, 0.3) is 0 Å². The highest BCUT2D eigenvalue weighted by Gasteiger charge is 2.02. The summed E-state index contributed by atoms with van der Waals surface area (Å²) in [5, 5.41) is 0. The van der Waals surface area contributed by atoms with Crippen molar-refractivity contribution in [2.24, 2.45) is 0 Å². The molecule has 0 bridgehead atoms. The summed E-state index contributed by atoms with van der Waals surface area (Å²) in [6, 6.07) is 0. The second-order valence-electron chi connectivity index (χ2n) is 2.23. The maximum atomic E-state index is 3.33. The fourth-order valence-corrected chi connectivity index (χ4v) is 1.58. The predicted octanol–water partition coefficient (Wildman–Crippen LogP) is 3.89. The molecule has 0 aliphatic heterocycles. The molecule has 0 aromatic carbocycles. The minimum absolute atomic E-state index is 1.06. The topological polar surface area (TPSA) is 0 Å². The summed E-state index contributed by atoms with van der Waals surface area (Å²) < 4.78 is 0. The van der Waals surface area contributed by atoms with Gasteiger partial charge in [0.2, 0.25) is 0 Å². The minimum atomic E-state index is 1.06. The van der Waals surface area contributed by atoms with E-state index in [0.29, 0.717) is 0 Å². The van der Waals surface area contributed by atoms with E-state index >= 15 is 0 Å². The largest absolute Gasteiger partial charge is 0.0801 e. The Morgan fingerprint density at radius 1 is 1.30 bits per heavy atom. The molecule has 0 nitrogen and oxygen atoms in total. The molecule has 0 N–H and O–H groups in total. The van der Waals surface area contributed by atoms with Gasteiger partial charge in [-0.15, -0.1) is 0 Å². The van der Waals surface area contributed by atoms with Crippen LogP contribution in [0.4, 0.5) is 0 Å². The summed E-state index contributed by atoms with van der Waals surface area (Å²) in [5.74, 6) is 0. The molecule has 2 heteroatoms. The van der Waals surface area contributed by atoms with E-state index in [1.165, 1.54) is 11.1 Å². The van der Waals surface area contributed by atoms with Crippen molar-refractivity contribution in [2.45, 2.75) is 12.8 Å². The average molecular weight is 264 g/mol. The van der Waals surface area contributed by atoms with Crippen LogP contribution in [0.15, 0.2) is 33.3 Å². The Morgan fingerprint density at radius 2 is 2.10 bits per heavy atom. The van der Waals surface area contributed by atoms with Gasteiger partial charge in [0.15, 0.2) is 0 Å². The van der Waals surface area contributed by atoms with Gasteiger partial charge >= 0.3 is 0 Å². The summed E-state index contributed by atoms with van der Waals surface area (Å²) >= 11 is 6.64. The monoisotopic (exact) mass is 262 g/mol. The van der Waals surface area contributed by atoms with E-state index in [4.69, 9.17) is 0 Å². The third kappa shape index (κ3) is 2.10. The van der Waals surface area contributed by atoms with E-state index < -0.39 is 0 Å². The number of allylic oxidation sites excluding steroid dienone is 4. The maximum Gasteiger partial charge on any atom is -0.00507 e. The molecule has 54 valence electrons. The number of hydrogen-bond acceptors (Lipinski definition) is 0. The Hall–Kier alpha value is 0.180. The summed E-state index contributed by atoms with van der Waals surface area (Å²) in [4.78, 5) is 3.98. The van der Waals surface area contributed by atoms with Gasteiger partial charge in [-0.25, -0.2) is 0 Å². The zero-order valence-electron chi connectivity index (χ0n) is 5.48. The number of hydrogen-bond donors (Lipinski definition) is 0. The zero-order chi connectivity index (χ0) is 7.40. The number of rotatable bonds is 0. The van der Waals surface area contributed by atoms with Crippen LogP contribution in [-0.4, -0.2) is 0 Å². The molecule has 0 amide bonds. The van der Waals surface area contributed by atoms with Gasteiger partial charge in [-0.05, 0) is 28.4 Å².